The summed E-state index contributed by atoms with van der Waals surface area (Å²) in [6.45, 7) is 6.74. The van der Waals surface area contributed by atoms with Gasteiger partial charge in [-0.2, -0.15) is 0 Å². The largest absolute Gasteiger partial charge is 0.458 e. The van der Waals surface area contributed by atoms with Gasteiger partial charge in [-0.15, -0.1) is 0 Å². The normalized spacial score (nSPS) is 18.5. The fraction of sp³-hybridized carbons (Fsp3) is 0.480. The van der Waals surface area contributed by atoms with Gasteiger partial charge in [0.15, 0.2) is 0 Å². The Morgan fingerprint density at radius 1 is 1.00 bits per heavy atom. The quantitative estimate of drug-likeness (QED) is 0.380. The number of esters is 1. The van der Waals surface area contributed by atoms with E-state index in [1.54, 1.807) is 0 Å². The predicted octanol–water partition coefficient (Wildman–Crippen LogP) is 5.52. The maximum Gasteiger partial charge on any atom is 0.332 e. The van der Waals surface area contributed by atoms with Gasteiger partial charge in [0.05, 0.1) is 12.7 Å². The first-order chi connectivity index (χ1) is 14.4. The average Bonchev–Trinajstić information content (AvgIpc) is 2.65. The molecule has 30 heavy (non-hydrogen) atoms. The molecule has 1 aliphatic rings. The lowest BCUT2D eigenvalue weighted by molar-refractivity contribution is -0.160. The lowest BCUT2D eigenvalue weighted by atomic mass is 9.80. The molecule has 0 atom stereocenters. The minimum atomic E-state index is -0.466. The first-order valence-electron chi connectivity index (χ1n) is 10.6. The molecule has 1 saturated carbocycles. The van der Waals surface area contributed by atoms with Crippen molar-refractivity contribution in [1.29, 1.82) is 0 Å². The fourth-order valence-electron chi connectivity index (χ4n) is 3.36. The third kappa shape index (κ3) is 7.81. The van der Waals surface area contributed by atoms with Crippen molar-refractivity contribution in [2.75, 3.05) is 13.2 Å². The Kier molecular flexibility index (Phi) is 7.88. The van der Waals surface area contributed by atoms with E-state index in [4.69, 9.17) is 18.9 Å². The summed E-state index contributed by atoms with van der Waals surface area (Å²) in [5, 5.41) is 0. The van der Waals surface area contributed by atoms with Crippen molar-refractivity contribution < 1.29 is 23.7 Å². The van der Waals surface area contributed by atoms with Gasteiger partial charge in [0.1, 0.15) is 23.7 Å². The van der Waals surface area contributed by atoms with Gasteiger partial charge in [-0.1, -0.05) is 30.3 Å². The van der Waals surface area contributed by atoms with Crippen LogP contribution in [0.1, 0.15) is 45.6 Å². The molecule has 0 aromatic heterocycles. The number of rotatable bonds is 10. The lowest BCUT2D eigenvalue weighted by Crippen LogP contribution is -2.32. The number of ether oxygens (including phenoxy) is 4. The fourth-order valence-corrected chi connectivity index (χ4v) is 3.36. The Morgan fingerprint density at radius 2 is 1.73 bits per heavy atom. The summed E-state index contributed by atoms with van der Waals surface area (Å²) in [6.07, 6.45) is 3.31. The highest BCUT2D eigenvalue weighted by molar-refractivity contribution is 5.71. The zero-order chi connectivity index (χ0) is 21.4. The second-order valence-corrected chi connectivity index (χ2v) is 8.76. The van der Waals surface area contributed by atoms with Gasteiger partial charge in [0.25, 0.3) is 0 Å². The molecule has 1 fully saturated rings. The highest BCUT2D eigenvalue weighted by atomic mass is 16.6. The zero-order valence-electron chi connectivity index (χ0n) is 18.1. The minimum Gasteiger partial charge on any atom is -0.458 e. The van der Waals surface area contributed by atoms with E-state index >= 15 is 0 Å². The van der Waals surface area contributed by atoms with Crippen molar-refractivity contribution in [3.8, 4) is 11.5 Å². The van der Waals surface area contributed by atoms with Crippen LogP contribution < -0.4 is 4.74 Å². The highest BCUT2D eigenvalue weighted by Crippen LogP contribution is 2.33. The molecule has 162 valence electrons. The van der Waals surface area contributed by atoms with Crippen LogP contribution in [0.15, 0.2) is 54.6 Å². The Morgan fingerprint density at radius 3 is 2.47 bits per heavy atom. The van der Waals surface area contributed by atoms with E-state index in [0.29, 0.717) is 25.2 Å². The summed E-state index contributed by atoms with van der Waals surface area (Å²) in [7, 11) is 0. The van der Waals surface area contributed by atoms with Crippen molar-refractivity contribution >= 4 is 5.97 Å². The molecule has 0 saturated heterocycles. The van der Waals surface area contributed by atoms with Crippen LogP contribution in [-0.2, 0) is 25.6 Å². The number of hydrogen-bond acceptors (Lipinski definition) is 5. The van der Waals surface area contributed by atoms with Crippen molar-refractivity contribution in [1.82, 2.24) is 0 Å². The van der Waals surface area contributed by atoms with Gasteiger partial charge < -0.3 is 18.9 Å². The van der Waals surface area contributed by atoms with Gasteiger partial charge in [-0.25, -0.2) is 4.79 Å². The standard InChI is InChI=1S/C25H32O5/c1-25(2,3)30-24(26)18-27-13-12-19-14-23(15-19)28-17-20-8-7-11-22(16-20)29-21-9-5-4-6-10-21/h4-11,16,19,23H,12-15,17-18H2,1-3H3. The number of para-hydroxylation sites is 1. The number of carbonyl (C=O) groups is 1. The molecule has 1 aliphatic carbocycles. The molecular weight excluding hydrogens is 380 g/mol. The number of carbonyl (C=O) groups excluding carboxylic acids is 1. The predicted molar refractivity (Wildman–Crippen MR) is 116 cm³/mol. The Balaban J connectivity index is 1.29. The smallest absolute Gasteiger partial charge is 0.332 e. The van der Waals surface area contributed by atoms with Crippen LogP contribution in [0.25, 0.3) is 0 Å². The van der Waals surface area contributed by atoms with E-state index in [9.17, 15) is 4.79 Å². The number of benzene rings is 2. The molecule has 2 aromatic rings. The third-order valence-electron chi connectivity index (χ3n) is 4.87. The maximum atomic E-state index is 11.6. The summed E-state index contributed by atoms with van der Waals surface area (Å²) in [6, 6.07) is 17.8. The first kappa shape index (κ1) is 22.3. The molecule has 0 radical (unpaired) electrons. The van der Waals surface area contributed by atoms with Crippen molar-refractivity contribution in [3.63, 3.8) is 0 Å². The molecule has 0 N–H and O–H groups in total. The molecule has 0 aliphatic heterocycles. The molecule has 3 rings (SSSR count). The Bertz CT molecular complexity index is 791. The Labute approximate surface area is 179 Å². The van der Waals surface area contributed by atoms with Crippen LogP contribution in [-0.4, -0.2) is 30.9 Å². The van der Waals surface area contributed by atoms with Gasteiger partial charge in [-0.05, 0) is 75.8 Å². The van der Waals surface area contributed by atoms with E-state index in [0.717, 1.165) is 36.3 Å². The second kappa shape index (κ2) is 10.6. The van der Waals surface area contributed by atoms with Crippen LogP contribution in [0, 0.1) is 5.92 Å². The van der Waals surface area contributed by atoms with E-state index in [-0.39, 0.29) is 12.6 Å². The summed E-state index contributed by atoms with van der Waals surface area (Å²) < 4.78 is 22.6. The summed E-state index contributed by atoms with van der Waals surface area (Å²) in [5.74, 6) is 1.93. The molecule has 0 amide bonds. The van der Waals surface area contributed by atoms with Crippen molar-refractivity contribution in [3.05, 3.63) is 60.2 Å². The van der Waals surface area contributed by atoms with Crippen molar-refractivity contribution in [2.45, 2.75) is 58.3 Å². The summed E-state index contributed by atoms with van der Waals surface area (Å²) >= 11 is 0. The van der Waals surface area contributed by atoms with Crippen LogP contribution in [0.4, 0.5) is 0 Å². The monoisotopic (exact) mass is 412 g/mol. The SMILES string of the molecule is CC(C)(C)OC(=O)COCCC1CC(OCc2cccc(Oc3ccccc3)c2)C1. The third-order valence-corrected chi connectivity index (χ3v) is 4.87. The average molecular weight is 413 g/mol. The van der Waals surface area contributed by atoms with Gasteiger partial charge >= 0.3 is 5.97 Å². The minimum absolute atomic E-state index is 0.0192. The summed E-state index contributed by atoms with van der Waals surface area (Å²) in [4.78, 5) is 11.6. The Hall–Kier alpha value is -2.37. The van der Waals surface area contributed by atoms with Crippen LogP contribution in [0.5, 0.6) is 11.5 Å². The molecule has 0 heterocycles. The molecular formula is C25H32O5. The van der Waals surface area contributed by atoms with Gasteiger partial charge in [0.2, 0.25) is 0 Å². The van der Waals surface area contributed by atoms with E-state index in [1.165, 1.54) is 0 Å². The molecule has 2 aromatic carbocycles. The summed E-state index contributed by atoms with van der Waals surface area (Å²) in [5.41, 5.74) is 0.638. The van der Waals surface area contributed by atoms with E-state index in [1.807, 2.05) is 69.3 Å². The zero-order valence-corrected chi connectivity index (χ0v) is 18.1. The van der Waals surface area contributed by atoms with Crippen molar-refractivity contribution in [2.24, 2.45) is 5.92 Å². The molecule has 0 spiro atoms. The van der Waals surface area contributed by atoms with Crippen LogP contribution >= 0.6 is 0 Å². The molecule has 0 bridgehead atoms. The maximum absolute atomic E-state index is 11.6. The first-order valence-corrected chi connectivity index (χ1v) is 10.6. The molecule has 0 unspecified atom stereocenters. The highest BCUT2D eigenvalue weighted by Gasteiger charge is 2.29. The van der Waals surface area contributed by atoms with Crippen LogP contribution in [0.3, 0.4) is 0 Å². The molecule has 5 heteroatoms. The van der Waals surface area contributed by atoms with Gasteiger partial charge in [0, 0.05) is 6.61 Å². The van der Waals surface area contributed by atoms with Gasteiger partial charge in [-0.3, -0.25) is 0 Å². The topological polar surface area (TPSA) is 54.0 Å². The second-order valence-electron chi connectivity index (χ2n) is 8.76. The lowest BCUT2D eigenvalue weighted by Gasteiger charge is -2.35. The van der Waals surface area contributed by atoms with E-state index < -0.39 is 5.60 Å². The molecule has 5 nitrogen and oxygen atoms in total. The van der Waals surface area contributed by atoms with E-state index in [2.05, 4.69) is 6.07 Å². The number of hydrogen-bond donors (Lipinski definition) is 0. The van der Waals surface area contributed by atoms with Crippen LogP contribution in [0.2, 0.25) is 0 Å².